The van der Waals surface area contributed by atoms with E-state index in [1.165, 1.54) is 0 Å². The zero-order valence-corrected chi connectivity index (χ0v) is 12.9. The quantitative estimate of drug-likeness (QED) is 0.766. The Hall–Kier alpha value is -1.30. The molecule has 1 unspecified atom stereocenters. The highest BCUT2D eigenvalue weighted by atomic mass is 16.4. The number of hydrogen-bond donors (Lipinski definition) is 2. The normalized spacial score (nSPS) is 20.9. The van der Waals surface area contributed by atoms with E-state index in [2.05, 4.69) is 17.3 Å². The summed E-state index contributed by atoms with van der Waals surface area (Å²) in [5.41, 5.74) is 0. The second-order valence-corrected chi connectivity index (χ2v) is 6.27. The van der Waals surface area contributed by atoms with Gasteiger partial charge in [0.1, 0.15) is 6.04 Å². The number of carbonyl (C=O) groups is 2. The molecule has 0 radical (unpaired) electrons. The predicted molar refractivity (Wildman–Crippen MR) is 77.6 cm³/mol. The molecule has 2 N–H and O–H groups in total. The standard InChI is InChI=1S/C14H27N3O3/c1-10(2)7-12(13(18)19)15-14(20)17(4)9-11-5-6-16(3)8-11/h10-12H,5-9H2,1-4H3,(H,15,20)(H,18,19)/t11?,12-/m0/s1. The first-order valence-electron chi connectivity index (χ1n) is 7.22. The van der Waals surface area contributed by atoms with Crippen LogP contribution in [0.1, 0.15) is 26.7 Å². The van der Waals surface area contributed by atoms with Crippen LogP contribution in [-0.2, 0) is 4.79 Å². The molecule has 6 heteroatoms. The molecule has 1 rings (SSSR count). The Balaban J connectivity index is 2.44. The van der Waals surface area contributed by atoms with Gasteiger partial charge in [-0.25, -0.2) is 9.59 Å². The third-order valence-electron chi connectivity index (χ3n) is 3.67. The third kappa shape index (κ3) is 5.36. The molecule has 20 heavy (non-hydrogen) atoms. The zero-order valence-electron chi connectivity index (χ0n) is 12.9. The first-order chi connectivity index (χ1) is 9.29. The molecule has 1 heterocycles. The first-order valence-corrected chi connectivity index (χ1v) is 7.22. The Morgan fingerprint density at radius 3 is 2.55 bits per heavy atom. The van der Waals surface area contributed by atoms with Crippen molar-refractivity contribution in [2.24, 2.45) is 11.8 Å². The van der Waals surface area contributed by atoms with E-state index in [0.29, 0.717) is 18.9 Å². The van der Waals surface area contributed by atoms with Gasteiger partial charge in [-0.1, -0.05) is 13.8 Å². The molecule has 1 fully saturated rings. The molecular formula is C14H27N3O3. The van der Waals surface area contributed by atoms with E-state index in [4.69, 9.17) is 5.11 Å². The molecular weight excluding hydrogens is 258 g/mol. The van der Waals surface area contributed by atoms with E-state index in [1.807, 2.05) is 13.8 Å². The van der Waals surface area contributed by atoms with E-state index < -0.39 is 12.0 Å². The Labute approximate surface area is 121 Å². The van der Waals surface area contributed by atoms with Gasteiger partial charge >= 0.3 is 12.0 Å². The van der Waals surface area contributed by atoms with Crippen LogP contribution in [0.2, 0.25) is 0 Å². The summed E-state index contributed by atoms with van der Waals surface area (Å²) in [6.07, 6.45) is 1.53. The number of carboxylic acid groups (broad SMARTS) is 1. The predicted octanol–water partition coefficient (Wildman–Crippen LogP) is 1.08. The Morgan fingerprint density at radius 2 is 2.10 bits per heavy atom. The summed E-state index contributed by atoms with van der Waals surface area (Å²) in [5, 5.41) is 11.7. The van der Waals surface area contributed by atoms with Crippen LogP contribution in [0.5, 0.6) is 0 Å². The molecule has 0 aromatic rings. The summed E-state index contributed by atoms with van der Waals surface area (Å²) in [6.45, 7) is 6.61. The number of carboxylic acids is 1. The van der Waals surface area contributed by atoms with Gasteiger partial charge in [0.05, 0.1) is 0 Å². The van der Waals surface area contributed by atoms with Crippen LogP contribution in [0.15, 0.2) is 0 Å². The van der Waals surface area contributed by atoms with Gasteiger partial charge in [0.25, 0.3) is 0 Å². The van der Waals surface area contributed by atoms with Crippen molar-refractivity contribution in [3.8, 4) is 0 Å². The van der Waals surface area contributed by atoms with Gasteiger partial charge in [-0.05, 0) is 38.3 Å². The highest BCUT2D eigenvalue weighted by molar-refractivity contribution is 5.82. The summed E-state index contributed by atoms with van der Waals surface area (Å²) in [7, 11) is 3.80. The molecule has 0 aliphatic carbocycles. The van der Waals surface area contributed by atoms with Gasteiger partial charge in [-0.3, -0.25) is 0 Å². The molecule has 2 atom stereocenters. The monoisotopic (exact) mass is 285 g/mol. The summed E-state index contributed by atoms with van der Waals surface area (Å²) in [5.74, 6) is -0.268. The van der Waals surface area contributed by atoms with Gasteiger partial charge in [0, 0.05) is 20.1 Å². The second kappa shape index (κ2) is 7.47. The van der Waals surface area contributed by atoms with Gasteiger partial charge < -0.3 is 20.2 Å². The number of rotatable bonds is 6. The van der Waals surface area contributed by atoms with Crippen LogP contribution in [0.3, 0.4) is 0 Å². The number of hydrogen-bond acceptors (Lipinski definition) is 3. The minimum atomic E-state index is -0.971. The van der Waals surface area contributed by atoms with Gasteiger partial charge in [0.2, 0.25) is 0 Å². The largest absolute Gasteiger partial charge is 0.480 e. The van der Waals surface area contributed by atoms with Gasteiger partial charge in [0.15, 0.2) is 0 Å². The highest BCUT2D eigenvalue weighted by Crippen LogP contribution is 2.15. The van der Waals surface area contributed by atoms with Gasteiger partial charge in [-0.15, -0.1) is 0 Å². The second-order valence-electron chi connectivity index (χ2n) is 6.27. The molecule has 1 saturated heterocycles. The van der Waals surface area contributed by atoms with E-state index in [9.17, 15) is 9.59 Å². The van der Waals surface area contributed by atoms with Crippen molar-refractivity contribution < 1.29 is 14.7 Å². The van der Waals surface area contributed by atoms with Crippen molar-refractivity contribution >= 4 is 12.0 Å². The van der Waals surface area contributed by atoms with Crippen LogP contribution < -0.4 is 5.32 Å². The molecule has 1 aliphatic rings. The zero-order chi connectivity index (χ0) is 15.3. The number of nitrogens with one attached hydrogen (secondary N) is 1. The van der Waals surface area contributed by atoms with Crippen LogP contribution in [0.4, 0.5) is 4.79 Å². The van der Waals surface area contributed by atoms with Gasteiger partial charge in [-0.2, -0.15) is 0 Å². The maximum Gasteiger partial charge on any atom is 0.326 e. The van der Waals surface area contributed by atoms with Crippen LogP contribution in [-0.4, -0.2) is 66.7 Å². The molecule has 116 valence electrons. The minimum Gasteiger partial charge on any atom is -0.480 e. The number of nitrogens with zero attached hydrogens (tertiary/aromatic N) is 2. The fourth-order valence-electron chi connectivity index (χ4n) is 2.60. The van der Waals surface area contributed by atoms with Crippen LogP contribution in [0, 0.1) is 11.8 Å². The van der Waals surface area contributed by atoms with Crippen molar-refractivity contribution in [1.29, 1.82) is 0 Å². The smallest absolute Gasteiger partial charge is 0.326 e. The maximum atomic E-state index is 12.0. The molecule has 1 aliphatic heterocycles. The SMILES string of the molecule is CC(C)C[C@H](NC(=O)N(C)CC1CCN(C)C1)C(=O)O. The van der Waals surface area contributed by atoms with Crippen LogP contribution in [0.25, 0.3) is 0 Å². The molecule has 0 saturated carbocycles. The molecule has 0 aromatic carbocycles. The average molecular weight is 285 g/mol. The number of aliphatic carboxylic acids is 1. The summed E-state index contributed by atoms with van der Waals surface area (Å²) in [6, 6.07) is -1.11. The summed E-state index contributed by atoms with van der Waals surface area (Å²) < 4.78 is 0. The minimum absolute atomic E-state index is 0.227. The van der Waals surface area contributed by atoms with Crippen molar-refractivity contribution in [2.45, 2.75) is 32.7 Å². The third-order valence-corrected chi connectivity index (χ3v) is 3.67. The lowest BCUT2D eigenvalue weighted by molar-refractivity contribution is -0.139. The van der Waals surface area contributed by atoms with Crippen molar-refractivity contribution in [1.82, 2.24) is 15.1 Å². The fraction of sp³-hybridized carbons (Fsp3) is 0.857. The van der Waals surface area contributed by atoms with E-state index >= 15 is 0 Å². The number of carbonyl (C=O) groups excluding carboxylic acids is 1. The van der Waals surface area contributed by atoms with Crippen molar-refractivity contribution in [3.05, 3.63) is 0 Å². The Morgan fingerprint density at radius 1 is 1.45 bits per heavy atom. The molecule has 6 nitrogen and oxygen atoms in total. The lowest BCUT2D eigenvalue weighted by Crippen LogP contribution is -2.48. The average Bonchev–Trinajstić information content (AvgIpc) is 2.72. The molecule has 2 amide bonds. The van der Waals surface area contributed by atoms with Crippen LogP contribution >= 0.6 is 0 Å². The van der Waals surface area contributed by atoms with Crippen molar-refractivity contribution in [2.75, 3.05) is 33.7 Å². The Bertz CT molecular complexity index is 347. The number of urea groups is 1. The van der Waals surface area contributed by atoms with E-state index in [-0.39, 0.29) is 11.9 Å². The maximum absolute atomic E-state index is 12.0. The topological polar surface area (TPSA) is 72.9 Å². The first kappa shape index (κ1) is 16.8. The summed E-state index contributed by atoms with van der Waals surface area (Å²) in [4.78, 5) is 27.0. The van der Waals surface area contributed by atoms with E-state index in [0.717, 1.165) is 19.5 Å². The van der Waals surface area contributed by atoms with Crippen molar-refractivity contribution in [3.63, 3.8) is 0 Å². The Kier molecular flexibility index (Phi) is 6.26. The lowest BCUT2D eigenvalue weighted by Gasteiger charge is -2.24. The summed E-state index contributed by atoms with van der Waals surface area (Å²) >= 11 is 0. The highest BCUT2D eigenvalue weighted by Gasteiger charge is 2.26. The molecule has 0 aromatic heterocycles. The molecule has 0 spiro atoms. The van der Waals surface area contributed by atoms with E-state index in [1.54, 1.807) is 11.9 Å². The number of amides is 2. The fourth-order valence-corrected chi connectivity index (χ4v) is 2.60. The number of likely N-dealkylation sites (tertiary alicyclic amines) is 1. The lowest BCUT2D eigenvalue weighted by atomic mass is 10.0. The molecule has 0 bridgehead atoms.